The first-order chi connectivity index (χ1) is 9.71. The highest BCUT2D eigenvalue weighted by Crippen LogP contribution is 2.29. The van der Waals surface area contributed by atoms with Gasteiger partial charge in [-0.05, 0) is 56.9 Å². The van der Waals surface area contributed by atoms with Crippen LogP contribution >= 0.6 is 0 Å². The highest BCUT2D eigenvalue weighted by molar-refractivity contribution is 5.69. The summed E-state index contributed by atoms with van der Waals surface area (Å²) in [5, 5.41) is 0. The molecule has 0 saturated heterocycles. The van der Waals surface area contributed by atoms with Gasteiger partial charge in [0.15, 0.2) is 0 Å². The van der Waals surface area contributed by atoms with Crippen LogP contribution in [0.5, 0.6) is 0 Å². The Morgan fingerprint density at radius 1 is 1.20 bits per heavy atom. The minimum absolute atomic E-state index is 0.00785. The number of hydrogen-bond acceptors (Lipinski definition) is 3. The van der Waals surface area contributed by atoms with E-state index < -0.39 is 0 Å². The van der Waals surface area contributed by atoms with Gasteiger partial charge in [0.1, 0.15) is 6.10 Å². The average molecular weight is 283 g/mol. The van der Waals surface area contributed by atoms with E-state index in [0.29, 0.717) is 18.3 Å². The Balaban J connectivity index is 2.30. The van der Waals surface area contributed by atoms with Gasteiger partial charge in [-0.15, -0.1) is 0 Å². The van der Waals surface area contributed by atoms with E-state index in [0.717, 1.165) is 32.2 Å². The fourth-order valence-electron chi connectivity index (χ4n) is 3.42. The molecule has 3 atom stereocenters. The van der Waals surface area contributed by atoms with Gasteiger partial charge >= 0.3 is 5.97 Å². The Labute approximate surface area is 124 Å². The van der Waals surface area contributed by atoms with Gasteiger partial charge in [0.2, 0.25) is 0 Å². The second-order valence-corrected chi connectivity index (χ2v) is 6.25. The summed E-state index contributed by atoms with van der Waals surface area (Å²) in [5.74, 6) is 1.18. The van der Waals surface area contributed by atoms with Crippen molar-refractivity contribution in [3.63, 3.8) is 0 Å². The third-order valence-electron chi connectivity index (χ3n) is 4.68. The average Bonchev–Trinajstić information content (AvgIpc) is 2.46. The Bertz CT molecular complexity index is 262. The first kappa shape index (κ1) is 17.5. The molecule has 0 heterocycles. The van der Waals surface area contributed by atoms with Crippen molar-refractivity contribution < 1.29 is 9.53 Å². The number of rotatable bonds is 9. The van der Waals surface area contributed by atoms with Gasteiger partial charge in [0, 0.05) is 6.42 Å². The predicted octanol–water partition coefficient (Wildman–Crippen LogP) is 4.04. The lowest BCUT2D eigenvalue weighted by Crippen LogP contribution is -2.29. The number of carbonyl (C=O) groups excluding carboxylic acids is 1. The van der Waals surface area contributed by atoms with Gasteiger partial charge in [-0.3, -0.25) is 4.79 Å². The Morgan fingerprint density at radius 2 is 1.95 bits per heavy atom. The predicted molar refractivity (Wildman–Crippen MR) is 83.4 cm³/mol. The van der Waals surface area contributed by atoms with Gasteiger partial charge in [-0.25, -0.2) is 0 Å². The number of ether oxygens (including phenoxy) is 1. The van der Waals surface area contributed by atoms with Crippen molar-refractivity contribution in [2.24, 2.45) is 17.6 Å². The Hall–Kier alpha value is -0.570. The Kier molecular flexibility index (Phi) is 8.92. The number of nitrogens with two attached hydrogens (primary N) is 1. The van der Waals surface area contributed by atoms with Crippen LogP contribution in [0, 0.1) is 11.8 Å². The van der Waals surface area contributed by atoms with Crippen molar-refractivity contribution >= 4 is 5.97 Å². The molecule has 1 rings (SSSR count). The fraction of sp³-hybridized carbons (Fsp3) is 0.941. The molecule has 1 fully saturated rings. The van der Waals surface area contributed by atoms with Crippen molar-refractivity contribution in [3.05, 3.63) is 0 Å². The van der Waals surface area contributed by atoms with E-state index in [9.17, 15) is 4.79 Å². The molecule has 3 heteroatoms. The monoisotopic (exact) mass is 283 g/mol. The van der Waals surface area contributed by atoms with Gasteiger partial charge < -0.3 is 10.5 Å². The van der Waals surface area contributed by atoms with Gasteiger partial charge in [0.05, 0.1) is 0 Å². The molecule has 1 saturated carbocycles. The molecule has 0 aliphatic heterocycles. The van der Waals surface area contributed by atoms with Crippen LogP contribution in [0.2, 0.25) is 0 Å². The zero-order valence-electron chi connectivity index (χ0n) is 13.4. The molecule has 2 N–H and O–H groups in total. The van der Waals surface area contributed by atoms with Crippen LogP contribution in [0.25, 0.3) is 0 Å². The maximum absolute atomic E-state index is 12.0. The van der Waals surface area contributed by atoms with Gasteiger partial charge in [-0.2, -0.15) is 0 Å². The minimum Gasteiger partial charge on any atom is -0.462 e. The summed E-state index contributed by atoms with van der Waals surface area (Å²) < 4.78 is 5.73. The molecule has 0 aromatic carbocycles. The van der Waals surface area contributed by atoms with E-state index in [1.165, 1.54) is 32.1 Å². The maximum atomic E-state index is 12.0. The minimum atomic E-state index is 0.00785. The summed E-state index contributed by atoms with van der Waals surface area (Å²) >= 11 is 0. The molecule has 0 radical (unpaired) electrons. The van der Waals surface area contributed by atoms with E-state index in [-0.39, 0.29) is 12.1 Å². The summed E-state index contributed by atoms with van der Waals surface area (Å²) in [4.78, 5) is 12.0. The van der Waals surface area contributed by atoms with Crippen LogP contribution in [-0.2, 0) is 9.53 Å². The number of esters is 1. The van der Waals surface area contributed by atoms with Crippen LogP contribution in [0.3, 0.4) is 0 Å². The lowest BCUT2D eigenvalue weighted by molar-refractivity contribution is -0.154. The van der Waals surface area contributed by atoms with Crippen LogP contribution in [0.1, 0.15) is 78.1 Å². The zero-order chi connectivity index (χ0) is 14.8. The standard InChI is InChI=1S/C17H33NO2/c1-3-7-14(12-13-18)10-11-17(19)20-16-9-6-5-8-15(16)4-2/h14-16H,3-13,18H2,1-2H3. The summed E-state index contributed by atoms with van der Waals surface area (Å²) in [7, 11) is 0. The normalized spacial score (nSPS) is 24.4. The van der Waals surface area contributed by atoms with Crippen molar-refractivity contribution in [1.29, 1.82) is 0 Å². The summed E-state index contributed by atoms with van der Waals surface area (Å²) in [5.41, 5.74) is 5.64. The van der Waals surface area contributed by atoms with E-state index >= 15 is 0 Å². The van der Waals surface area contributed by atoms with E-state index in [2.05, 4.69) is 13.8 Å². The van der Waals surface area contributed by atoms with E-state index in [1.54, 1.807) is 0 Å². The molecule has 3 unspecified atom stereocenters. The quantitative estimate of drug-likeness (QED) is 0.650. The lowest BCUT2D eigenvalue weighted by Gasteiger charge is -2.30. The van der Waals surface area contributed by atoms with Crippen molar-refractivity contribution in [2.45, 2.75) is 84.2 Å². The highest BCUT2D eigenvalue weighted by Gasteiger charge is 2.26. The molecule has 0 spiro atoms. The third kappa shape index (κ3) is 6.25. The first-order valence-corrected chi connectivity index (χ1v) is 8.60. The topological polar surface area (TPSA) is 52.3 Å². The summed E-state index contributed by atoms with van der Waals surface area (Å²) in [6, 6.07) is 0. The molecule has 3 nitrogen and oxygen atoms in total. The maximum Gasteiger partial charge on any atom is 0.306 e. The molecular formula is C17H33NO2. The summed E-state index contributed by atoms with van der Waals surface area (Å²) in [6.45, 7) is 5.12. The lowest BCUT2D eigenvalue weighted by atomic mass is 9.85. The van der Waals surface area contributed by atoms with E-state index in [4.69, 9.17) is 10.5 Å². The largest absolute Gasteiger partial charge is 0.462 e. The highest BCUT2D eigenvalue weighted by atomic mass is 16.5. The second-order valence-electron chi connectivity index (χ2n) is 6.25. The molecule has 0 aromatic heterocycles. The molecule has 0 aromatic rings. The molecule has 0 amide bonds. The second kappa shape index (κ2) is 10.2. The van der Waals surface area contributed by atoms with Crippen LogP contribution in [-0.4, -0.2) is 18.6 Å². The van der Waals surface area contributed by atoms with Crippen molar-refractivity contribution in [3.8, 4) is 0 Å². The molecule has 20 heavy (non-hydrogen) atoms. The molecule has 1 aliphatic carbocycles. The van der Waals surface area contributed by atoms with E-state index in [1.807, 2.05) is 0 Å². The molecule has 118 valence electrons. The third-order valence-corrected chi connectivity index (χ3v) is 4.68. The zero-order valence-corrected chi connectivity index (χ0v) is 13.4. The molecule has 1 aliphatic rings. The number of carbonyl (C=O) groups is 1. The van der Waals surface area contributed by atoms with Crippen molar-refractivity contribution in [2.75, 3.05) is 6.54 Å². The number of hydrogen-bond donors (Lipinski definition) is 1. The molecular weight excluding hydrogens is 250 g/mol. The Morgan fingerprint density at radius 3 is 2.60 bits per heavy atom. The molecule has 0 bridgehead atoms. The van der Waals surface area contributed by atoms with Crippen LogP contribution < -0.4 is 5.73 Å². The van der Waals surface area contributed by atoms with Gasteiger partial charge in [0.25, 0.3) is 0 Å². The smallest absolute Gasteiger partial charge is 0.306 e. The van der Waals surface area contributed by atoms with Crippen LogP contribution in [0.15, 0.2) is 0 Å². The first-order valence-electron chi connectivity index (χ1n) is 8.60. The van der Waals surface area contributed by atoms with Gasteiger partial charge in [-0.1, -0.05) is 33.1 Å². The summed E-state index contributed by atoms with van der Waals surface area (Å²) in [6.07, 6.45) is 11.0. The fourth-order valence-corrected chi connectivity index (χ4v) is 3.42. The SMILES string of the molecule is CCCC(CCN)CCC(=O)OC1CCCCC1CC. The van der Waals surface area contributed by atoms with Crippen LogP contribution in [0.4, 0.5) is 0 Å². The van der Waals surface area contributed by atoms with Crippen molar-refractivity contribution in [1.82, 2.24) is 0 Å².